The lowest BCUT2D eigenvalue weighted by Crippen LogP contribution is -2.29. The number of nitrogens with zero attached hydrogens (tertiary/aromatic N) is 2. The zero-order valence-corrected chi connectivity index (χ0v) is 17.3. The van der Waals surface area contributed by atoms with Gasteiger partial charge in [0.25, 0.3) is 5.69 Å². The number of furan rings is 1. The van der Waals surface area contributed by atoms with E-state index in [0.717, 1.165) is 0 Å². The Morgan fingerprint density at radius 2 is 2.12 bits per heavy atom. The van der Waals surface area contributed by atoms with Gasteiger partial charge in [0.05, 0.1) is 24.8 Å². The smallest absolute Gasteiger partial charge is 0.270 e. The lowest BCUT2D eigenvalue weighted by atomic mass is 10.1. The molecule has 2 aromatic rings. The molecule has 0 saturated heterocycles. The third kappa shape index (κ3) is 3.56. The van der Waals surface area contributed by atoms with Crippen LogP contribution in [0.25, 0.3) is 11.3 Å². The van der Waals surface area contributed by atoms with Crippen molar-refractivity contribution in [3.63, 3.8) is 0 Å². The number of hydrogen-bond acceptors (Lipinski definition) is 5. The predicted octanol–water partition coefficient (Wildman–Crippen LogP) is 4.85. The summed E-state index contributed by atoms with van der Waals surface area (Å²) >= 11 is 12.9. The lowest BCUT2D eigenvalue weighted by Gasteiger charge is -2.09. The molecule has 0 aliphatic heterocycles. The second-order valence-corrected chi connectivity index (χ2v) is 10.2. The first-order chi connectivity index (χ1) is 12.1. The first-order valence-electron chi connectivity index (χ1n) is 7.39. The van der Waals surface area contributed by atoms with Gasteiger partial charge in [-0.25, -0.2) is 5.43 Å². The van der Waals surface area contributed by atoms with Crippen molar-refractivity contribution in [2.24, 2.45) is 10.5 Å². The second kappa shape index (κ2) is 6.79. The van der Waals surface area contributed by atoms with Crippen LogP contribution in [0.5, 0.6) is 0 Å². The van der Waals surface area contributed by atoms with E-state index < -0.39 is 13.6 Å². The Kier molecular flexibility index (Phi) is 4.98. The quantitative estimate of drug-likeness (QED) is 0.272. The Hall–Kier alpha value is -1.71. The van der Waals surface area contributed by atoms with Crippen molar-refractivity contribution in [3.8, 4) is 11.3 Å². The number of non-ortho nitro benzene ring substituents is 1. The molecule has 26 heavy (non-hydrogen) atoms. The number of nitro groups is 1. The molecular formula is C16H12Br2ClN3O4. The van der Waals surface area contributed by atoms with Gasteiger partial charge in [-0.15, -0.1) is 0 Å². The highest BCUT2D eigenvalue weighted by Crippen LogP contribution is 2.66. The lowest BCUT2D eigenvalue weighted by molar-refractivity contribution is -0.384. The third-order valence-corrected chi connectivity index (χ3v) is 6.81. The zero-order chi connectivity index (χ0) is 19.1. The number of benzene rings is 1. The van der Waals surface area contributed by atoms with Crippen LogP contribution in [-0.4, -0.2) is 20.3 Å². The Labute approximate surface area is 170 Å². The Morgan fingerprint density at radius 3 is 2.73 bits per heavy atom. The number of carbonyl (C=O) groups is 1. The standard InChI is InChI=1S/C16H12Br2ClN3O4/c1-15(8-16(15,17)18)14(23)21-20-7-10-3-5-13(26-10)11-6-9(22(24)25)2-4-12(11)19/h2-7H,8H2,1H3,(H,21,23)/t15-/m0/s1. The maximum Gasteiger partial charge on any atom is 0.270 e. The maximum absolute atomic E-state index is 12.1. The van der Waals surface area contributed by atoms with E-state index in [4.69, 9.17) is 16.0 Å². The fraction of sp³-hybridized carbons (Fsp3) is 0.250. The van der Waals surface area contributed by atoms with Gasteiger partial charge in [-0.1, -0.05) is 43.5 Å². The average Bonchev–Trinajstić information content (AvgIpc) is 2.91. The summed E-state index contributed by atoms with van der Waals surface area (Å²) in [5, 5.41) is 15.1. The second-order valence-electron chi connectivity index (χ2n) is 6.04. The van der Waals surface area contributed by atoms with Crippen molar-refractivity contribution >= 4 is 61.3 Å². The summed E-state index contributed by atoms with van der Waals surface area (Å²) in [4.78, 5) is 22.5. The van der Waals surface area contributed by atoms with Gasteiger partial charge >= 0.3 is 0 Å². The van der Waals surface area contributed by atoms with Gasteiger partial charge in [-0.05, 0) is 31.5 Å². The number of hydrazone groups is 1. The van der Waals surface area contributed by atoms with Crippen LogP contribution in [0.4, 0.5) is 5.69 Å². The molecule has 1 fully saturated rings. The first-order valence-corrected chi connectivity index (χ1v) is 9.36. The molecule has 1 aliphatic carbocycles. The van der Waals surface area contributed by atoms with E-state index in [1.54, 1.807) is 12.1 Å². The number of hydrogen-bond donors (Lipinski definition) is 1. The first kappa shape index (κ1) is 19.1. The van der Waals surface area contributed by atoms with Crippen molar-refractivity contribution < 1.29 is 14.1 Å². The topological polar surface area (TPSA) is 97.7 Å². The van der Waals surface area contributed by atoms with Gasteiger partial charge < -0.3 is 4.42 Å². The summed E-state index contributed by atoms with van der Waals surface area (Å²) in [6.07, 6.45) is 2.00. The van der Waals surface area contributed by atoms with E-state index in [1.807, 2.05) is 6.92 Å². The largest absolute Gasteiger partial charge is 0.455 e. The van der Waals surface area contributed by atoms with Gasteiger partial charge in [0.2, 0.25) is 5.91 Å². The maximum atomic E-state index is 12.1. The fourth-order valence-electron chi connectivity index (χ4n) is 2.31. The Bertz CT molecular complexity index is 928. The van der Waals surface area contributed by atoms with Gasteiger partial charge in [0.15, 0.2) is 0 Å². The number of halogens is 3. The van der Waals surface area contributed by atoms with E-state index in [0.29, 0.717) is 28.5 Å². The molecular weight excluding hydrogens is 493 g/mol. The van der Waals surface area contributed by atoms with Crippen molar-refractivity contribution in [1.29, 1.82) is 0 Å². The molecule has 1 aromatic heterocycles. The summed E-state index contributed by atoms with van der Waals surface area (Å²) in [7, 11) is 0. The molecule has 0 spiro atoms. The van der Waals surface area contributed by atoms with Gasteiger partial charge in [-0.2, -0.15) is 5.10 Å². The molecule has 1 aromatic carbocycles. The predicted molar refractivity (Wildman–Crippen MR) is 105 cm³/mol. The minimum Gasteiger partial charge on any atom is -0.455 e. The monoisotopic (exact) mass is 503 g/mol. The van der Waals surface area contributed by atoms with Crippen LogP contribution in [0.15, 0.2) is 39.9 Å². The summed E-state index contributed by atoms with van der Waals surface area (Å²) in [5.74, 6) is 0.504. The van der Waals surface area contributed by atoms with Gasteiger partial charge in [-0.3, -0.25) is 14.9 Å². The SMILES string of the molecule is C[C@@]1(C(=O)NN=Cc2ccc(-c3cc([N+](=O)[O-])ccc3Cl)o2)CC1(Br)Br. The number of nitro benzene ring substituents is 1. The average molecular weight is 506 g/mol. The molecule has 1 atom stereocenters. The molecule has 1 amide bonds. The Balaban J connectivity index is 1.72. The number of amides is 1. The molecule has 7 nitrogen and oxygen atoms in total. The van der Waals surface area contributed by atoms with E-state index in [-0.39, 0.29) is 11.6 Å². The highest BCUT2D eigenvalue weighted by Gasteiger charge is 2.66. The molecule has 0 unspecified atom stereocenters. The number of alkyl halides is 2. The summed E-state index contributed by atoms with van der Waals surface area (Å²) in [6, 6.07) is 7.34. The molecule has 0 bridgehead atoms. The summed E-state index contributed by atoms with van der Waals surface area (Å²) in [6.45, 7) is 1.82. The van der Waals surface area contributed by atoms with Crippen LogP contribution >= 0.6 is 43.5 Å². The molecule has 1 heterocycles. The van der Waals surface area contributed by atoms with Crippen LogP contribution in [-0.2, 0) is 4.79 Å². The van der Waals surface area contributed by atoms with E-state index in [1.165, 1.54) is 24.4 Å². The molecule has 1 N–H and O–H groups in total. The highest BCUT2D eigenvalue weighted by atomic mass is 79.9. The molecule has 1 saturated carbocycles. The van der Waals surface area contributed by atoms with E-state index in [9.17, 15) is 14.9 Å². The fourth-order valence-corrected chi connectivity index (χ4v) is 4.00. The zero-order valence-electron chi connectivity index (χ0n) is 13.3. The third-order valence-electron chi connectivity index (χ3n) is 4.17. The molecule has 1 aliphatic rings. The summed E-state index contributed by atoms with van der Waals surface area (Å²) < 4.78 is 5.18. The number of carbonyl (C=O) groups excluding carboxylic acids is 1. The van der Waals surface area contributed by atoms with E-state index in [2.05, 4.69) is 42.4 Å². The van der Waals surface area contributed by atoms with Crippen LogP contribution in [0, 0.1) is 15.5 Å². The molecule has 136 valence electrons. The summed E-state index contributed by atoms with van der Waals surface area (Å²) in [5.41, 5.74) is 2.21. The minimum atomic E-state index is -0.574. The molecule has 10 heteroatoms. The minimum absolute atomic E-state index is 0.0889. The van der Waals surface area contributed by atoms with Gasteiger partial charge in [0.1, 0.15) is 11.5 Å². The van der Waals surface area contributed by atoms with Crippen molar-refractivity contribution in [2.75, 3.05) is 0 Å². The number of nitrogens with one attached hydrogen (secondary N) is 1. The number of rotatable bonds is 5. The van der Waals surface area contributed by atoms with Crippen LogP contribution in [0.3, 0.4) is 0 Å². The van der Waals surface area contributed by atoms with Crippen LogP contribution in [0.2, 0.25) is 5.02 Å². The normalized spacial score (nSPS) is 20.9. The van der Waals surface area contributed by atoms with Crippen molar-refractivity contribution in [3.05, 3.63) is 51.2 Å². The highest BCUT2D eigenvalue weighted by molar-refractivity contribution is 9.25. The van der Waals surface area contributed by atoms with Crippen molar-refractivity contribution in [2.45, 2.75) is 16.6 Å². The van der Waals surface area contributed by atoms with Crippen molar-refractivity contribution in [1.82, 2.24) is 5.43 Å². The van der Waals surface area contributed by atoms with E-state index >= 15 is 0 Å². The Morgan fingerprint density at radius 1 is 1.42 bits per heavy atom. The van der Waals surface area contributed by atoms with Gasteiger partial charge in [0, 0.05) is 17.7 Å². The van der Waals surface area contributed by atoms with Crippen LogP contribution in [0.1, 0.15) is 19.1 Å². The van der Waals surface area contributed by atoms with Crippen LogP contribution < -0.4 is 5.43 Å². The molecule has 3 rings (SSSR count). The molecule has 0 radical (unpaired) electrons.